The summed E-state index contributed by atoms with van der Waals surface area (Å²) in [5.74, 6) is 0.943. The predicted molar refractivity (Wildman–Crippen MR) is 260 cm³/mol. The number of benzene rings is 11. The molecule has 0 fully saturated rings. The SMILES string of the molecule is c1ccc(-n2c(-c3c4ccccc4c(-c4ccc(-c5ccc6c(c5)c5ccccc5c5cccc7ccc8cccc6c8c75)cc4)c4ccccc34)nc3ccccc32)cc1. The maximum Gasteiger partial charge on any atom is 0.146 e. The molecule has 0 aliphatic carbocycles. The number of imidazole rings is 1. The summed E-state index contributed by atoms with van der Waals surface area (Å²) < 4.78 is 2.32. The maximum absolute atomic E-state index is 5.36. The Labute approximate surface area is 352 Å². The Morgan fingerprint density at radius 1 is 0.295 bits per heavy atom. The van der Waals surface area contributed by atoms with E-state index in [4.69, 9.17) is 4.98 Å². The standard InChI is InChI=1S/C59H36N2/c1-2-16-42(17-3-1)61-54-27-11-10-26-53(54)60-59(61)58-50-22-8-6-20-48(50)55(49-21-7-9-23-51(49)58)40-30-28-37(29-31-40)41-34-35-45-47-25-13-15-39-33-32-38-14-12-24-46(56(38)57(39)47)43-18-4-5-19-44(43)52(45)36-41/h1-36H. The highest BCUT2D eigenvalue weighted by Crippen LogP contribution is 2.46. The van der Waals surface area contributed by atoms with Crippen molar-refractivity contribution in [1.82, 2.24) is 9.55 Å². The second kappa shape index (κ2) is 13.2. The second-order valence-corrected chi connectivity index (χ2v) is 16.2. The Bertz CT molecular complexity index is 3860. The van der Waals surface area contributed by atoms with Crippen LogP contribution >= 0.6 is 0 Å². The summed E-state index contributed by atoms with van der Waals surface area (Å²) in [7, 11) is 0. The van der Waals surface area contributed by atoms with Crippen LogP contribution in [0.2, 0.25) is 0 Å². The Morgan fingerprint density at radius 3 is 1.41 bits per heavy atom. The first-order valence-electron chi connectivity index (χ1n) is 21.0. The minimum atomic E-state index is 0.943. The molecular weight excluding hydrogens is 737 g/mol. The lowest BCUT2D eigenvalue weighted by Gasteiger charge is -2.18. The van der Waals surface area contributed by atoms with Gasteiger partial charge < -0.3 is 0 Å². The molecule has 2 nitrogen and oxygen atoms in total. The minimum Gasteiger partial charge on any atom is -0.292 e. The zero-order valence-electron chi connectivity index (χ0n) is 33.2. The van der Waals surface area contributed by atoms with Crippen LogP contribution in [0.3, 0.4) is 0 Å². The third-order valence-electron chi connectivity index (χ3n) is 12.9. The first-order valence-corrected chi connectivity index (χ1v) is 21.0. The van der Waals surface area contributed by atoms with Crippen molar-refractivity contribution in [1.29, 1.82) is 0 Å². The molecule has 12 aromatic carbocycles. The largest absolute Gasteiger partial charge is 0.292 e. The lowest BCUT2D eigenvalue weighted by Crippen LogP contribution is -1.99. The predicted octanol–water partition coefficient (Wildman–Crippen LogP) is 16.1. The fourth-order valence-corrected chi connectivity index (χ4v) is 10.3. The molecule has 0 aliphatic rings. The van der Waals surface area contributed by atoms with E-state index in [2.05, 4.69) is 223 Å². The van der Waals surface area contributed by atoms with Crippen molar-refractivity contribution in [2.24, 2.45) is 0 Å². The van der Waals surface area contributed by atoms with Crippen LogP contribution in [-0.2, 0) is 0 Å². The molecule has 0 saturated carbocycles. The summed E-state index contributed by atoms with van der Waals surface area (Å²) in [6.07, 6.45) is 0. The van der Waals surface area contributed by atoms with Crippen LogP contribution in [0.15, 0.2) is 218 Å². The van der Waals surface area contributed by atoms with Crippen LogP contribution in [0.4, 0.5) is 0 Å². The van der Waals surface area contributed by atoms with Crippen LogP contribution < -0.4 is 0 Å². The fourth-order valence-electron chi connectivity index (χ4n) is 10.3. The van der Waals surface area contributed by atoms with Gasteiger partial charge in [-0.05, 0) is 128 Å². The van der Waals surface area contributed by atoms with E-state index in [1.54, 1.807) is 0 Å². The normalized spacial score (nSPS) is 11.9. The van der Waals surface area contributed by atoms with Gasteiger partial charge in [-0.15, -0.1) is 0 Å². The summed E-state index contributed by atoms with van der Waals surface area (Å²) in [6, 6.07) is 80.0. The van der Waals surface area contributed by atoms with Crippen LogP contribution in [0.5, 0.6) is 0 Å². The number of nitrogens with zero attached hydrogens (tertiary/aromatic N) is 2. The maximum atomic E-state index is 5.36. The molecule has 0 saturated heterocycles. The third-order valence-corrected chi connectivity index (χ3v) is 12.9. The van der Waals surface area contributed by atoms with Crippen molar-refractivity contribution in [3.63, 3.8) is 0 Å². The van der Waals surface area contributed by atoms with Crippen molar-refractivity contribution >= 4 is 86.4 Å². The number of para-hydroxylation sites is 3. The molecule has 282 valence electrons. The Kier molecular flexibility index (Phi) is 7.34. The lowest BCUT2D eigenvalue weighted by atomic mass is 9.87. The molecule has 1 aromatic heterocycles. The van der Waals surface area contributed by atoms with E-state index in [0.29, 0.717) is 0 Å². The van der Waals surface area contributed by atoms with Gasteiger partial charge in [-0.2, -0.15) is 0 Å². The van der Waals surface area contributed by atoms with E-state index < -0.39 is 0 Å². The van der Waals surface area contributed by atoms with Gasteiger partial charge in [-0.3, -0.25) is 4.57 Å². The highest BCUT2D eigenvalue weighted by Gasteiger charge is 2.22. The van der Waals surface area contributed by atoms with E-state index in [1.165, 1.54) is 97.7 Å². The average Bonchev–Trinajstić information content (AvgIpc) is 3.71. The van der Waals surface area contributed by atoms with Gasteiger partial charge in [-0.1, -0.05) is 188 Å². The zero-order valence-corrected chi connectivity index (χ0v) is 33.2. The summed E-state index contributed by atoms with van der Waals surface area (Å²) >= 11 is 0. The first kappa shape index (κ1) is 33.9. The van der Waals surface area contributed by atoms with Gasteiger partial charge in [0.15, 0.2) is 0 Å². The molecule has 13 aromatic rings. The highest BCUT2D eigenvalue weighted by atomic mass is 15.1. The molecule has 0 spiro atoms. The van der Waals surface area contributed by atoms with E-state index in [0.717, 1.165) is 28.1 Å². The first-order chi connectivity index (χ1) is 30.3. The van der Waals surface area contributed by atoms with Gasteiger partial charge in [0.2, 0.25) is 0 Å². The summed E-state index contributed by atoms with van der Waals surface area (Å²) in [5, 5.41) is 17.6. The van der Waals surface area contributed by atoms with Gasteiger partial charge in [0.05, 0.1) is 11.0 Å². The number of hydrogen-bond donors (Lipinski definition) is 0. The van der Waals surface area contributed by atoms with Crippen LogP contribution in [0.1, 0.15) is 0 Å². The Balaban J connectivity index is 1.02. The van der Waals surface area contributed by atoms with Crippen LogP contribution in [-0.4, -0.2) is 9.55 Å². The number of rotatable bonds is 4. The number of fused-ring (bicyclic) bond motifs is 8. The molecule has 1 heterocycles. The van der Waals surface area contributed by atoms with Gasteiger partial charge in [0.25, 0.3) is 0 Å². The van der Waals surface area contributed by atoms with Crippen molar-refractivity contribution < 1.29 is 0 Å². The van der Waals surface area contributed by atoms with Gasteiger partial charge in [-0.25, -0.2) is 4.98 Å². The van der Waals surface area contributed by atoms with Crippen LogP contribution in [0, 0.1) is 0 Å². The van der Waals surface area contributed by atoms with Crippen molar-refractivity contribution in [3.05, 3.63) is 218 Å². The van der Waals surface area contributed by atoms with E-state index >= 15 is 0 Å². The van der Waals surface area contributed by atoms with Gasteiger partial charge in [0.1, 0.15) is 5.82 Å². The molecule has 0 atom stereocenters. The monoisotopic (exact) mass is 772 g/mol. The third kappa shape index (κ3) is 5.06. The topological polar surface area (TPSA) is 17.8 Å². The number of aromatic nitrogens is 2. The Hall–Kier alpha value is -8.07. The molecule has 61 heavy (non-hydrogen) atoms. The lowest BCUT2D eigenvalue weighted by molar-refractivity contribution is 1.11. The summed E-state index contributed by atoms with van der Waals surface area (Å²) in [4.78, 5) is 5.36. The summed E-state index contributed by atoms with van der Waals surface area (Å²) in [5.41, 5.74) is 9.11. The summed E-state index contributed by atoms with van der Waals surface area (Å²) in [6.45, 7) is 0. The molecule has 13 rings (SSSR count). The molecule has 0 aliphatic heterocycles. The quantitative estimate of drug-likeness (QED) is 0.129. The average molecular weight is 773 g/mol. The van der Waals surface area contributed by atoms with Crippen molar-refractivity contribution in [2.75, 3.05) is 0 Å². The van der Waals surface area contributed by atoms with Crippen LogP contribution in [0.25, 0.3) is 126 Å². The fraction of sp³-hybridized carbons (Fsp3) is 0. The Morgan fingerprint density at radius 2 is 0.770 bits per heavy atom. The molecule has 0 N–H and O–H groups in total. The molecule has 0 unspecified atom stereocenters. The minimum absolute atomic E-state index is 0.943. The second-order valence-electron chi connectivity index (χ2n) is 16.2. The molecule has 0 bridgehead atoms. The van der Waals surface area contributed by atoms with Gasteiger partial charge >= 0.3 is 0 Å². The molecule has 2 heteroatoms. The number of hydrogen-bond acceptors (Lipinski definition) is 1. The molecular formula is C59H36N2. The van der Waals surface area contributed by atoms with E-state index in [-0.39, 0.29) is 0 Å². The highest BCUT2D eigenvalue weighted by molar-refractivity contribution is 6.33. The molecule has 0 radical (unpaired) electrons. The van der Waals surface area contributed by atoms with Crippen molar-refractivity contribution in [3.8, 4) is 39.3 Å². The smallest absolute Gasteiger partial charge is 0.146 e. The van der Waals surface area contributed by atoms with E-state index in [1.807, 2.05) is 0 Å². The molecule has 0 amide bonds. The van der Waals surface area contributed by atoms with Crippen molar-refractivity contribution in [2.45, 2.75) is 0 Å². The zero-order chi connectivity index (χ0) is 40.0. The van der Waals surface area contributed by atoms with Gasteiger partial charge in [0, 0.05) is 11.3 Å². The van der Waals surface area contributed by atoms with E-state index in [9.17, 15) is 0 Å².